The van der Waals surface area contributed by atoms with Crippen LogP contribution in [0.4, 0.5) is 0 Å². The monoisotopic (exact) mass is 353 g/mol. The first-order valence-electron chi connectivity index (χ1n) is 8.37. The van der Waals surface area contributed by atoms with E-state index in [0.29, 0.717) is 36.0 Å². The quantitative estimate of drug-likeness (QED) is 0.620. The Balaban J connectivity index is 1.76. The smallest absolute Gasteiger partial charge is 0.259 e. The van der Waals surface area contributed by atoms with Gasteiger partial charge in [0.1, 0.15) is 0 Å². The van der Waals surface area contributed by atoms with Crippen molar-refractivity contribution in [3.63, 3.8) is 0 Å². The molecule has 3 aromatic heterocycles. The Hall–Kier alpha value is -2.47. The summed E-state index contributed by atoms with van der Waals surface area (Å²) in [6.07, 6.45) is 3.99. The normalized spacial score (nSPS) is 14.0. The van der Waals surface area contributed by atoms with Crippen molar-refractivity contribution in [2.45, 2.75) is 32.2 Å². The number of fused-ring (bicyclic) bond motifs is 1. The highest BCUT2D eigenvalue weighted by atomic mass is 32.1. The first-order chi connectivity index (χ1) is 12.2. The molecule has 4 rings (SSSR count). The summed E-state index contributed by atoms with van der Waals surface area (Å²) in [5, 5.41) is 6.75. The van der Waals surface area contributed by atoms with Crippen molar-refractivity contribution in [1.29, 1.82) is 0 Å². The topological polar surface area (TPSA) is 59.2 Å². The van der Waals surface area contributed by atoms with Crippen LogP contribution in [0.25, 0.3) is 11.1 Å². The van der Waals surface area contributed by atoms with Gasteiger partial charge in [0.05, 0.1) is 23.2 Å². The molecule has 1 saturated carbocycles. The van der Waals surface area contributed by atoms with Crippen LogP contribution in [-0.2, 0) is 6.54 Å². The SMILES string of the molecule is C=CCN(Cc1cccs1)C(=O)c1cc(C2CC2)nc2onc(C)c12. The van der Waals surface area contributed by atoms with Crippen LogP contribution in [0.5, 0.6) is 0 Å². The van der Waals surface area contributed by atoms with E-state index in [-0.39, 0.29) is 5.91 Å². The summed E-state index contributed by atoms with van der Waals surface area (Å²) < 4.78 is 5.35. The molecule has 0 aromatic carbocycles. The summed E-state index contributed by atoms with van der Waals surface area (Å²) in [5.74, 6) is 0.403. The zero-order chi connectivity index (χ0) is 17.4. The lowest BCUT2D eigenvalue weighted by molar-refractivity contribution is 0.0766. The van der Waals surface area contributed by atoms with Gasteiger partial charge in [0.15, 0.2) is 0 Å². The van der Waals surface area contributed by atoms with Gasteiger partial charge < -0.3 is 9.42 Å². The Morgan fingerprint density at radius 3 is 3.04 bits per heavy atom. The maximum atomic E-state index is 13.3. The van der Waals surface area contributed by atoms with E-state index in [0.717, 1.165) is 28.8 Å². The molecule has 1 fully saturated rings. The molecule has 1 aliphatic rings. The van der Waals surface area contributed by atoms with Crippen LogP contribution in [0.2, 0.25) is 0 Å². The molecule has 0 unspecified atom stereocenters. The van der Waals surface area contributed by atoms with Crippen LogP contribution in [0, 0.1) is 6.92 Å². The molecule has 3 aromatic rings. The molecule has 3 heterocycles. The third kappa shape index (κ3) is 3.09. The van der Waals surface area contributed by atoms with Crippen LogP contribution in [0.1, 0.15) is 45.4 Å². The van der Waals surface area contributed by atoms with Crippen LogP contribution >= 0.6 is 11.3 Å². The van der Waals surface area contributed by atoms with Crippen molar-refractivity contribution in [1.82, 2.24) is 15.0 Å². The Labute approximate surface area is 150 Å². The number of aromatic nitrogens is 2. The number of nitrogens with zero attached hydrogens (tertiary/aromatic N) is 3. The number of pyridine rings is 1. The van der Waals surface area contributed by atoms with Gasteiger partial charge in [-0.15, -0.1) is 17.9 Å². The molecule has 0 spiro atoms. The van der Waals surface area contributed by atoms with Crippen molar-refractivity contribution in [2.75, 3.05) is 6.54 Å². The third-order valence-electron chi connectivity index (χ3n) is 4.43. The molecule has 128 valence electrons. The average Bonchev–Trinajstić information content (AvgIpc) is 3.22. The highest BCUT2D eigenvalue weighted by Crippen LogP contribution is 2.40. The lowest BCUT2D eigenvalue weighted by Gasteiger charge is -2.21. The second kappa shape index (κ2) is 6.44. The van der Waals surface area contributed by atoms with E-state index in [1.54, 1.807) is 22.3 Å². The minimum absolute atomic E-state index is 0.0334. The Kier molecular flexibility index (Phi) is 4.13. The van der Waals surface area contributed by atoms with Gasteiger partial charge in [-0.3, -0.25) is 4.79 Å². The first kappa shape index (κ1) is 16.0. The summed E-state index contributed by atoms with van der Waals surface area (Å²) >= 11 is 1.64. The predicted octanol–water partition coefficient (Wildman–Crippen LogP) is 4.30. The van der Waals surface area contributed by atoms with Crippen molar-refractivity contribution in [3.05, 3.63) is 58.1 Å². The summed E-state index contributed by atoms with van der Waals surface area (Å²) in [4.78, 5) is 20.8. The number of thiophene rings is 1. The van der Waals surface area contributed by atoms with E-state index in [1.165, 1.54) is 0 Å². The van der Waals surface area contributed by atoms with Crippen LogP contribution in [-0.4, -0.2) is 27.5 Å². The minimum Gasteiger partial charge on any atom is -0.336 e. The summed E-state index contributed by atoms with van der Waals surface area (Å²) in [6.45, 7) is 6.70. The fourth-order valence-corrected chi connectivity index (χ4v) is 3.73. The fourth-order valence-electron chi connectivity index (χ4n) is 3.01. The van der Waals surface area contributed by atoms with Crippen molar-refractivity contribution < 1.29 is 9.32 Å². The van der Waals surface area contributed by atoms with Gasteiger partial charge in [0.2, 0.25) is 0 Å². The number of carbonyl (C=O) groups excluding carboxylic acids is 1. The largest absolute Gasteiger partial charge is 0.336 e. The van der Waals surface area contributed by atoms with Gasteiger partial charge in [-0.25, -0.2) is 4.98 Å². The minimum atomic E-state index is -0.0334. The second-order valence-electron chi connectivity index (χ2n) is 6.37. The predicted molar refractivity (Wildman–Crippen MR) is 97.8 cm³/mol. The van der Waals surface area contributed by atoms with Gasteiger partial charge in [0.25, 0.3) is 11.6 Å². The summed E-state index contributed by atoms with van der Waals surface area (Å²) in [7, 11) is 0. The zero-order valence-corrected chi connectivity index (χ0v) is 14.9. The first-order valence-corrected chi connectivity index (χ1v) is 9.25. The number of aryl methyl sites for hydroxylation is 1. The molecule has 6 heteroatoms. The van der Waals surface area contributed by atoms with Crippen LogP contribution < -0.4 is 0 Å². The van der Waals surface area contributed by atoms with E-state index in [1.807, 2.05) is 30.5 Å². The van der Waals surface area contributed by atoms with Gasteiger partial charge in [-0.1, -0.05) is 17.3 Å². The molecule has 0 bridgehead atoms. The van der Waals surface area contributed by atoms with E-state index in [2.05, 4.69) is 16.7 Å². The summed E-state index contributed by atoms with van der Waals surface area (Å²) in [6, 6.07) is 5.96. The molecule has 5 nitrogen and oxygen atoms in total. The number of carbonyl (C=O) groups is 1. The van der Waals surface area contributed by atoms with E-state index >= 15 is 0 Å². The molecule has 0 radical (unpaired) electrons. The molecule has 0 N–H and O–H groups in total. The Morgan fingerprint density at radius 1 is 1.52 bits per heavy atom. The van der Waals surface area contributed by atoms with Gasteiger partial charge in [-0.05, 0) is 37.3 Å². The van der Waals surface area contributed by atoms with E-state index in [9.17, 15) is 4.79 Å². The van der Waals surface area contributed by atoms with Crippen molar-refractivity contribution >= 4 is 28.3 Å². The highest BCUT2D eigenvalue weighted by Gasteiger charge is 2.29. The third-order valence-corrected chi connectivity index (χ3v) is 5.29. The highest BCUT2D eigenvalue weighted by molar-refractivity contribution is 7.09. The molecular weight excluding hydrogens is 334 g/mol. The summed E-state index contributed by atoms with van der Waals surface area (Å²) in [5.41, 5.74) is 2.72. The number of hydrogen-bond donors (Lipinski definition) is 0. The standard InChI is InChI=1S/C19H19N3O2S/c1-3-8-22(11-14-5-4-9-25-14)19(23)15-10-16(13-6-7-13)20-18-17(15)12(2)21-24-18/h3-5,9-10,13H,1,6-8,11H2,2H3. The number of hydrogen-bond acceptors (Lipinski definition) is 5. The molecule has 1 amide bonds. The second-order valence-corrected chi connectivity index (χ2v) is 7.40. The van der Waals surface area contributed by atoms with Gasteiger partial charge in [-0.2, -0.15) is 0 Å². The fraction of sp³-hybridized carbons (Fsp3) is 0.316. The van der Waals surface area contributed by atoms with Crippen molar-refractivity contribution in [2.24, 2.45) is 0 Å². The van der Waals surface area contributed by atoms with Gasteiger partial charge >= 0.3 is 0 Å². The molecular formula is C19H19N3O2S. The number of rotatable bonds is 6. The Bertz CT molecular complexity index is 926. The van der Waals surface area contributed by atoms with E-state index in [4.69, 9.17) is 4.52 Å². The molecule has 0 saturated heterocycles. The van der Waals surface area contributed by atoms with Crippen molar-refractivity contribution in [3.8, 4) is 0 Å². The maximum Gasteiger partial charge on any atom is 0.259 e. The van der Waals surface area contributed by atoms with E-state index < -0.39 is 0 Å². The Morgan fingerprint density at radius 2 is 2.36 bits per heavy atom. The van der Waals surface area contributed by atoms with Crippen LogP contribution in [0.15, 0.2) is 40.8 Å². The average molecular weight is 353 g/mol. The maximum absolute atomic E-state index is 13.3. The molecule has 1 aliphatic carbocycles. The molecule has 25 heavy (non-hydrogen) atoms. The molecule has 0 aliphatic heterocycles. The van der Waals surface area contributed by atoms with Crippen LogP contribution in [0.3, 0.4) is 0 Å². The lowest BCUT2D eigenvalue weighted by atomic mass is 10.1. The lowest BCUT2D eigenvalue weighted by Crippen LogP contribution is -2.30. The number of amides is 1. The zero-order valence-electron chi connectivity index (χ0n) is 14.1. The van der Waals surface area contributed by atoms with Gasteiger partial charge in [0, 0.05) is 23.0 Å². The molecule has 0 atom stereocenters.